The Kier molecular flexibility index (Phi) is 6.66. The van der Waals surface area contributed by atoms with Crippen LogP contribution in [-0.4, -0.2) is 18.2 Å². The molecule has 0 N–H and O–H groups in total. The van der Waals surface area contributed by atoms with E-state index in [1.165, 1.54) is 12.8 Å². The molecule has 1 aromatic heterocycles. The third-order valence-corrected chi connectivity index (χ3v) is 6.15. The van der Waals surface area contributed by atoms with Crippen molar-refractivity contribution in [3.05, 3.63) is 76.5 Å². The molecule has 0 amide bonds. The fraction of sp³-hybridized carbons (Fsp3) is 0.292. The molecule has 1 saturated carbocycles. The van der Waals surface area contributed by atoms with E-state index in [2.05, 4.69) is 9.88 Å². The highest BCUT2D eigenvalue weighted by Gasteiger charge is 2.21. The Hall–Kier alpha value is -2.43. The summed E-state index contributed by atoms with van der Waals surface area (Å²) < 4.78 is 11.9. The van der Waals surface area contributed by atoms with Crippen molar-refractivity contribution in [1.82, 2.24) is 4.98 Å². The molecule has 0 unspecified atom stereocenters. The van der Waals surface area contributed by atoms with E-state index in [0.717, 1.165) is 41.3 Å². The van der Waals surface area contributed by atoms with Crippen LogP contribution in [0.2, 0.25) is 10.0 Å². The second-order valence-corrected chi connectivity index (χ2v) is 8.17. The van der Waals surface area contributed by atoms with E-state index in [0.29, 0.717) is 16.6 Å². The lowest BCUT2D eigenvalue weighted by Gasteiger charge is -2.27. The molecule has 4 rings (SSSR count). The number of benzene rings is 2. The van der Waals surface area contributed by atoms with E-state index in [1.54, 1.807) is 19.4 Å². The quantitative estimate of drug-likeness (QED) is 0.392. The van der Waals surface area contributed by atoms with Gasteiger partial charge < -0.3 is 14.4 Å². The predicted molar refractivity (Wildman–Crippen MR) is 122 cm³/mol. The van der Waals surface area contributed by atoms with Crippen molar-refractivity contribution in [1.29, 1.82) is 0 Å². The molecule has 0 saturated heterocycles. The van der Waals surface area contributed by atoms with Gasteiger partial charge in [-0.1, -0.05) is 35.3 Å². The van der Waals surface area contributed by atoms with Crippen molar-refractivity contribution >= 4 is 34.6 Å². The van der Waals surface area contributed by atoms with Crippen LogP contribution in [0.4, 0.5) is 11.4 Å². The molecule has 1 aliphatic rings. The van der Waals surface area contributed by atoms with Crippen LogP contribution < -0.4 is 14.4 Å². The second kappa shape index (κ2) is 9.59. The Morgan fingerprint density at radius 3 is 2.60 bits per heavy atom. The molecule has 2 aromatic carbocycles. The van der Waals surface area contributed by atoms with Gasteiger partial charge in [-0.25, -0.2) is 0 Å². The van der Waals surface area contributed by atoms with Gasteiger partial charge in [0, 0.05) is 30.7 Å². The third kappa shape index (κ3) is 4.66. The summed E-state index contributed by atoms with van der Waals surface area (Å²) in [7, 11) is 1.66. The maximum atomic E-state index is 6.59. The summed E-state index contributed by atoms with van der Waals surface area (Å²) in [5.74, 6) is 1.47. The number of anilines is 2. The van der Waals surface area contributed by atoms with E-state index in [1.807, 2.05) is 48.7 Å². The van der Waals surface area contributed by atoms with Crippen LogP contribution >= 0.6 is 23.2 Å². The molecule has 1 aliphatic carbocycles. The van der Waals surface area contributed by atoms with Gasteiger partial charge in [-0.3, -0.25) is 4.98 Å². The van der Waals surface area contributed by atoms with Crippen LogP contribution in [0.3, 0.4) is 0 Å². The van der Waals surface area contributed by atoms with Gasteiger partial charge in [0.15, 0.2) is 11.5 Å². The largest absolute Gasteiger partial charge is 0.493 e. The monoisotopic (exact) mass is 442 g/mol. The topological polar surface area (TPSA) is 34.6 Å². The Morgan fingerprint density at radius 2 is 1.87 bits per heavy atom. The number of nitrogens with zero attached hydrogens (tertiary/aromatic N) is 2. The zero-order valence-electron chi connectivity index (χ0n) is 16.9. The fourth-order valence-electron chi connectivity index (χ4n) is 3.80. The SMILES string of the molecule is COc1ccc(N(Cc2cccnc2)c2cccc(Cl)c2Cl)cc1OC1CCCC1. The summed E-state index contributed by atoms with van der Waals surface area (Å²) in [6, 6.07) is 15.6. The molecule has 3 aromatic rings. The van der Waals surface area contributed by atoms with Gasteiger partial charge in [0.25, 0.3) is 0 Å². The third-order valence-electron chi connectivity index (χ3n) is 5.34. The average molecular weight is 443 g/mol. The van der Waals surface area contributed by atoms with E-state index in [-0.39, 0.29) is 6.10 Å². The number of rotatable bonds is 7. The van der Waals surface area contributed by atoms with Crippen LogP contribution in [0.25, 0.3) is 0 Å². The molecule has 156 valence electrons. The molecule has 0 aliphatic heterocycles. The first-order valence-corrected chi connectivity index (χ1v) is 10.9. The maximum Gasteiger partial charge on any atom is 0.163 e. The van der Waals surface area contributed by atoms with Crippen LogP contribution in [0.1, 0.15) is 31.2 Å². The highest BCUT2D eigenvalue weighted by atomic mass is 35.5. The first-order chi connectivity index (χ1) is 14.7. The van der Waals surface area contributed by atoms with Crippen LogP contribution in [0.15, 0.2) is 60.9 Å². The summed E-state index contributed by atoms with van der Waals surface area (Å²) in [6.07, 6.45) is 8.41. The molecule has 4 nitrogen and oxygen atoms in total. The molecule has 30 heavy (non-hydrogen) atoms. The summed E-state index contributed by atoms with van der Waals surface area (Å²) in [6.45, 7) is 0.586. The highest BCUT2D eigenvalue weighted by Crippen LogP contribution is 2.41. The van der Waals surface area contributed by atoms with E-state index < -0.39 is 0 Å². The van der Waals surface area contributed by atoms with Gasteiger partial charge >= 0.3 is 0 Å². The number of aromatic nitrogens is 1. The number of hydrogen-bond donors (Lipinski definition) is 0. The fourth-order valence-corrected chi connectivity index (χ4v) is 4.20. The lowest BCUT2D eigenvalue weighted by atomic mass is 10.1. The number of methoxy groups -OCH3 is 1. The lowest BCUT2D eigenvalue weighted by Crippen LogP contribution is -2.18. The van der Waals surface area contributed by atoms with E-state index >= 15 is 0 Å². The molecular weight excluding hydrogens is 419 g/mol. The van der Waals surface area contributed by atoms with Crippen LogP contribution in [-0.2, 0) is 6.54 Å². The summed E-state index contributed by atoms with van der Waals surface area (Å²) in [4.78, 5) is 6.37. The zero-order valence-corrected chi connectivity index (χ0v) is 18.4. The minimum Gasteiger partial charge on any atom is -0.493 e. The zero-order chi connectivity index (χ0) is 20.9. The Morgan fingerprint density at radius 1 is 1.03 bits per heavy atom. The van der Waals surface area contributed by atoms with Crippen molar-refractivity contribution in [2.75, 3.05) is 12.0 Å². The summed E-state index contributed by atoms with van der Waals surface area (Å²) in [5, 5.41) is 1.03. The number of halogens is 2. The predicted octanol–water partition coefficient (Wildman–Crippen LogP) is 7.06. The van der Waals surface area contributed by atoms with Crippen molar-refractivity contribution in [2.45, 2.75) is 38.3 Å². The Bertz CT molecular complexity index is 992. The molecule has 1 heterocycles. The van der Waals surface area contributed by atoms with Crippen LogP contribution in [0, 0.1) is 0 Å². The Labute approximate surface area is 187 Å². The van der Waals surface area contributed by atoms with Crippen molar-refractivity contribution in [3.8, 4) is 11.5 Å². The maximum absolute atomic E-state index is 6.59. The molecule has 0 bridgehead atoms. The van der Waals surface area contributed by atoms with Gasteiger partial charge in [-0.2, -0.15) is 0 Å². The van der Waals surface area contributed by atoms with Gasteiger partial charge in [0.1, 0.15) is 0 Å². The van der Waals surface area contributed by atoms with Gasteiger partial charge in [0.2, 0.25) is 0 Å². The minimum absolute atomic E-state index is 0.232. The minimum atomic E-state index is 0.232. The first kappa shape index (κ1) is 20.8. The summed E-state index contributed by atoms with van der Waals surface area (Å²) in [5.41, 5.74) is 2.82. The lowest BCUT2D eigenvalue weighted by molar-refractivity contribution is 0.201. The molecule has 0 radical (unpaired) electrons. The van der Waals surface area contributed by atoms with Crippen molar-refractivity contribution in [2.24, 2.45) is 0 Å². The van der Waals surface area contributed by atoms with Gasteiger partial charge in [0.05, 0.1) is 28.9 Å². The summed E-state index contributed by atoms with van der Waals surface area (Å²) >= 11 is 12.9. The van der Waals surface area contributed by atoms with Crippen molar-refractivity contribution in [3.63, 3.8) is 0 Å². The van der Waals surface area contributed by atoms with Gasteiger partial charge in [-0.15, -0.1) is 0 Å². The van der Waals surface area contributed by atoms with Gasteiger partial charge in [-0.05, 0) is 61.6 Å². The number of ether oxygens (including phenoxy) is 2. The second-order valence-electron chi connectivity index (χ2n) is 7.38. The average Bonchev–Trinajstić information content (AvgIpc) is 3.28. The standard InChI is InChI=1S/C24H24Cl2N2O2/c1-29-22-12-11-18(14-23(22)30-19-7-2-3-8-19)28(16-17-6-5-13-27-15-17)21-10-4-9-20(25)24(21)26/h4-6,9-15,19H,2-3,7-8,16H2,1H3. The number of pyridine rings is 1. The molecule has 1 fully saturated rings. The molecule has 0 spiro atoms. The molecule has 0 atom stereocenters. The van der Waals surface area contributed by atoms with Crippen LogP contribution in [0.5, 0.6) is 11.5 Å². The highest BCUT2D eigenvalue weighted by molar-refractivity contribution is 6.43. The normalized spacial score (nSPS) is 14.0. The van der Waals surface area contributed by atoms with Crippen molar-refractivity contribution < 1.29 is 9.47 Å². The molecular formula is C24H24Cl2N2O2. The van der Waals surface area contributed by atoms with E-state index in [4.69, 9.17) is 32.7 Å². The first-order valence-electron chi connectivity index (χ1n) is 10.1. The van der Waals surface area contributed by atoms with E-state index in [9.17, 15) is 0 Å². The Balaban J connectivity index is 1.75. The molecule has 6 heteroatoms. The number of hydrogen-bond acceptors (Lipinski definition) is 4. The smallest absolute Gasteiger partial charge is 0.163 e.